The summed E-state index contributed by atoms with van der Waals surface area (Å²) >= 11 is 0. The lowest BCUT2D eigenvalue weighted by Crippen LogP contribution is -2.55. The maximum absolute atomic E-state index is 10.2. The molecule has 2 N–H and O–H groups in total. The van der Waals surface area contributed by atoms with E-state index < -0.39 is 18.9 Å². The van der Waals surface area contributed by atoms with Gasteiger partial charge in [-0.3, -0.25) is 4.81 Å². The van der Waals surface area contributed by atoms with Gasteiger partial charge in [0.15, 0.2) is 6.29 Å². The molecule has 7 heteroatoms. The molecule has 6 nitrogen and oxygen atoms in total. The molecule has 0 aromatic carbocycles. The Balaban J connectivity index is 1.83. The molecule has 0 amide bonds. The molecule has 2 saturated heterocycles. The van der Waals surface area contributed by atoms with Crippen LogP contribution < -0.4 is 0 Å². The summed E-state index contributed by atoms with van der Waals surface area (Å²) in [6.07, 6.45) is 2.01. The van der Waals surface area contributed by atoms with Crippen LogP contribution in [0.4, 0.5) is 0 Å². The van der Waals surface area contributed by atoms with Crippen molar-refractivity contribution in [3.05, 3.63) is 0 Å². The van der Waals surface area contributed by atoms with Crippen molar-refractivity contribution in [2.45, 2.75) is 64.1 Å². The zero-order valence-electron chi connectivity index (χ0n) is 13.6. The van der Waals surface area contributed by atoms with Crippen molar-refractivity contribution in [3.63, 3.8) is 0 Å². The Labute approximate surface area is 132 Å². The fourth-order valence-corrected chi connectivity index (χ4v) is 3.03. The van der Waals surface area contributed by atoms with E-state index in [4.69, 9.17) is 14.2 Å². The number of hydrogen-bond acceptors (Lipinski definition) is 6. The molecule has 2 heterocycles. The van der Waals surface area contributed by atoms with E-state index in [0.29, 0.717) is 6.61 Å². The second-order valence-corrected chi connectivity index (χ2v) is 6.24. The average Bonchev–Trinajstić information content (AvgIpc) is 2.80. The Hall–Kier alpha value is -0.615. The lowest BCUT2D eigenvalue weighted by molar-refractivity contribution is -0.154. The second kappa shape index (κ2) is 7.78. The van der Waals surface area contributed by atoms with Gasteiger partial charge in [0.2, 0.25) is 0 Å². The van der Waals surface area contributed by atoms with E-state index in [2.05, 4.69) is 11.8 Å². The largest absolute Gasteiger partial charge is 0.437 e. The fourth-order valence-electron chi connectivity index (χ4n) is 3.03. The van der Waals surface area contributed by atoms with Crippen molar-refractivity contribution >= 4 is 7.05 Å². The summed E-state index contributed by atoms with van der Waals surface area (Å²) in [5.74, 6) is 5.61. The van der Waals surface area contributed by atoms with Crippen LogP contribution in [-0.2, 0) is 14.2 Å². The highest BCUT2D eigenvalue weighted by molar-refractivity contribution is 6.45. The molecule has 0 saturated carbocycles. The Morgan fingerprint density at radius 2 is 2.23 bits per heavy atom. The van der Waals surface area contributed by atoms with Crippen molar-refractivity contribution in [3.8, 4) is 11.8 Å². The Morgan fingerprint density at radius 1 is 1.45 bits per heavy atom. The van der Waals surface area contributed by atoms with Crippen molar-refractivity contribution in [2.75, 3.05) is 19.8 Å². The summed E-state index contributed by atoms with van der Waals surface area (Å²) in [6, 6.07) is -0.353. The standard InChI is InChI=1S/C15H26BNO5/c1-15(2)17(16(3)19)12(11-22-15)13(18)7-6-10-21-14-8-4-5-9-20-14/h12-14,18-19H,4-5,8-11H2,1-3H3/t12-,13+,14?/m1/s1. The maximum Gasteiger partial charge on any atom is 0.379 e. The Bertz CT molecular complexity index is 414. The molecule has 2 aliphatic rings. The highest BCUT2D eigenvalue weighted by Crippen LogP contribution is 2.29. The molecule has 0 aromatic heterocycles. The van der Waals surface area contributed by atoms with E-state index in [0.717, 1.165) is 25.9 Å². The minimum Gasteiger partial charge on any atom is -0.437 e. The first kappa shape index (κ1) is 17.7. The van der Waals surface area contributed by atoms with Crippen LogP contribution in [0.2, 0.25) is 6.82 Å². The van der Waals surface area contributed by atoms with E-state index in [9.17, 15) is 10.1 Å². The normalized spacial score (nSPS) is 29.7. The van der Waals surface area contributed by atoms with Crippen LogP contribution in [0, 0.1) is 11.8 Å². The topological polar surface area (TPSA) is 71.4 Å². The first-order chi connectivity index (χ1) is 10.4. The van der Waals surface area contributed by atoms with Crippen LogP contribution in [-0.4, -0.2) is 66.0 Å². The number of ether oxygens (including phenoxy) is 3. The molecule has 0 bridgehead atoms. The predicted molar refractivity (Wildman–Crippen MR) is 82.8 cm³/mol. The molecule has 124 valence electrons. The van der Waals surface area contributed by atoms with E-state index in [1.165, 1.54) is 0 Å². The SMILES string of the molecule is CB(O)N1[C@@H]([C@@H](O)C#CCOC2CCCCO2)COC1(C)C. The first-order valence-electron chi connectivity index (χ1n) is 7.92. The molecule has 2 aliphatic heterocycles. The summed E-state index contributed by atoms with van der Waals surface area (Å²) in [5.41, 5.74) is -0.617. The van der Waals surface area contributed by atoms with Crippen molar-refractivity contribution in [1.29, 1.82) is 0 Å². The number of nitrogens with zero attached hydrogens (tertiary/aromatic N) is 1. The lowest BCUT2D eigenvalue weighted by Gasteiger charge is -2.35. The molecule has 22 heavy (non-hydrogen) atoms. The van der Waals surface area contributed by atoms with Crippen LogP contribution in [0.1, 0.15) is 33.1 Å². The zero-order chi connectivity index (χ0) is 16.2. The molecule has 0 spiro atoms. The monoisotopic (exact) mass is 311 g/mol. The maximum atomic E-state index is 10.2. The molecule has 1 unspecified atom stereocenters. The van der Waals surface area contributed by atoms with Gasteiger partial charge in [-0.2, -0.15) is 0 Å². The van der Waals surface area contributed by atoms with Gasteiger partial charge in [-0.15, -0.1) is 0 Å². The number of aliphatic hydroxyl groups is 1. The van der Waals surface area contributed by atoms with Crippen LogP contribution in [0.25, 0.3) is 0 Å². The van der Waals surface area contributed by atoms with Crippen LogP contribution in [0.15, 0.2) is 0 Å². The van der Waals surface area contributed by atoms with Gasteiger partial charge in [0.1, 0.15) is 18.4 Å². The Morgan fingerprint density at radius 3 is 2.86 bits per heavy atom. The van der Waals surface area contributed by atoms with Gasteiger partial charge in [-0.05, 0) is 39.9 Å². The van der Waals surface area contributed by atoms with Crippen molar-refractivity contribution in [1.82, 2.24) is 4.81 Å². The minimum atomic E-state index is -0.896. The molecular formula is C15H26BNO5. The highest BCUT2D eigenvalue weighted by atomic mass is 16.7. The lowest BCUT2D eigenvalue weighted by atomic mass is 9.80. The van der Waals surface area contributed by atoms with Crippen molar-refractivity contribution in [2.24, 2.45) is 0 Å². The third kappa shape index (κ3) is 4.45. The summed E-state index contributed by atoms with van der Waals surface area (Å²) < 4.78 is 16.6. The molecule has 2 fully saturated rings. The van der Waals surface area contributed by atoms with Gasteiger partial charge >= 0.3 is 7.05 Å². The van der Waals surface area contributed by atoms with Gasteiger partial charge in [-0.25, -0.2) is 0 Å². The van der Waals surface area contributed by atoms with E-state index in [1.807, 2.05) is 13.8 Å². The molecule has 0 aromatic rings. The first-order valence-corrected chi connectivity index (χ1v) is 7.92. The van der Waals surface area contributed by atoms with E-state index >= 15 is 0 Å². The third-order valence-electron chi connectivity index (χ3n) is 4.08. The molecule has 3 atom stereocenters. The van der Waals surface area contributed by atoms with Gasteiger partial charge < -0.3 is 24.3 Å². The van der Waals surface area contributed by atoms with Gasteiger partial charge in [0.25, 0.3) is 0 Å². The summed E-state index contributed by atoms with van der Waals surface area (Å²) in [7, 11) is -0.717. The van der Waals surface area contributed by atoms with Crippen molar-refractivity contribution < 1.29 is 24.3 Å². The molecule has 0 aliphatic carbocycles. The van der Waals surface area contributed by atoms with Gasteiger partial charge in [0.05, 0.1) is 12.6 Å². The van der Waals surface area contributed by atoms with E-state index in [-0.39, 0.29) is 18.9 Å². The highest BCUT2D eigenvalue weighted by Gasteiger charge is 2.46. The zero-order valence-corrected chi connectivity index (χ0v) is 13.6. The Kier molecular flexibility index (Phi) is 6.27. The number of rotatable bonds is 4. The number of aliphatic hydroxyl groups excluding tert-OH is 1. The minimum absolute atomic E-state index is 0.178. The molecular weight excluding hydrogens is 285 g/mol. The van der Waals surface area contributed by atoms with Gasteiger partial charge in [0, 0.05) is 6.61 Å². The predicted octanol–water partition coefficient (Wildman–Crippen LogP) is 0.441. The summed E-state index contributed by atoms with van der Waals surface area (Å²) in [4.78, 5) is 1.73. The summed E-state index contributed by atoms with van der Waals surface area (Å²) in [5, 5.41) is 20.1. The summed E-state index contributed by atoms with van der Waals surface area (Å²) in [6.45, 7) is 6.69. The smallest absolute Gasteiger partial charge is 0.379 e. The average molecular weight is 311 g/mol. The van der Waals surface area contributed by atoms with Crippen LogP contribution >= 0.6 is 0 Å². The van der Waals surface area contributed by atoms with Crippen LogP contribution in [0.5, 0.6) is 0 Å². The quantitative estimate of drug-likeness (QED) is 0.580. The molecule has 0 radical (unpaired) electrons. The number of hydrogen-bond donors (Lipinski definition) is 2. The van der Waals surface area contributed by atoms with Gasteiger partial charge in [-0.1, -0.05) is 11.8 Å². The fraction of sp³-hybridized carbons (Fsp3) is 0.867. The van der Waals surface area contributed by atoms with Crippen LogP contribution in [0.3, 0.4) is 0 Å². The molecule has 2 rings (SSSR count). The second-order valence-electron chi connectivity index (χ2n) is 6.24. The third-order valence-corrected chi connectivity index (χ3v) is 4.08. The van der Waals surface area contributed by atoms with E-state index in [1.54, 1.807) is 11.6 Å².